The molecule has 2 N–H and O–H groups in total. The van der Waals surface area contributed by atoms with Gasteiger partial charge in [0.25, 0.3) is 0 Å². The fourth-order valence-electron chi connectivity index (χ4n) is 12.2. The van der Waals surface area contributed by atoms with Crippen LogP contribution in [0.2, 0.25) is 12.6 Å². The molecular formula is C66H96B2N4O4. The fourth-order valence-corrected chi connectivity index (χ4v) is 12.2. The van der Waals surface area contributed by atoms with Gasteiger partial charge in [0, 0.05) is 39.3 Å². The average Bonchev–Trinajstić information content (AvgIpc) is 3.38. The Morgan fingerprint density at radius 2 is 0.842 bits per heavy atom. The molecule has 8 nitrogen and oxygen atoms in total. The third-order valence-electron chi connectivity index (χ3n) is 16.5. The Morgan fingerprint density at radius 1 is 0.500 bits per heavy atom. The molecule has 0 bridgehead atoms. The molecule has 10 heteroatoms. The quantitative estimate of drug-likeness (QED) is 0.0364. The van der Waals surface area contributed by atoms with Gasteiger partial charge in [-0.3, -0.25) is 9.80 Å². The maximum Gasteiger partial charge on any atom is 0.407 e. The van der Waals surface area contributed by atoms with Crippen molar-refractivity contribution in [3.05, 3.63) is 130 Å². The monoisotopic (exact) mass is 1030 g/mol. The van der Waals surface area contributed by atoms with Crippen LogP contribution in [-0.2, 0) is 35.7 Å². The number of fused-ring (bicyclic) bond motifs is 2. The summed E-state index contributed by atoms with van der Waals surface area (Å²) in [5.41, 5.74) is 8.75. The summed E-state index contributed by atoms with van der Waals surface area (Å²) in [5, 5.41) is 11.4. The van der Waals surface area contributed by atoms with Gasteiger partial charge in [0.15, 0.2) is 0 Å². The summed E-state index contributed by atoms with van der Waals surface area (Å²) < 4.78 is 11.0. The molecule has 5 aromatic carbocycles. The van der Waals surface area contributed by atoms with Gasteiger partial charge in [-0.2, -0.15) is 0 Å². The van der Waals surface area contributed by atoms with Crippen LogP contribution in [0, 0.1) is 10.8 Å². The van der Waals surface area contributed by atoms with Crippen molar-refractivity contribution in [2.45, 2.75) is 208 Å². The van der Waals surface area contributed by atoms with Gasteiger partial charge < -0.3 is 20.1 Å². The first-order valence-corrected chi connectivity index (χ1v) is 29.7. The zero-order valence-corrected chi connectivity index (χ0v) is 48.9. The van der Waals surface area contributed by atoms with Crippen LogP contribution < -0.4 is 10.6 Å². The second-order valence-corrected chi connectivity index (χ2v) is 26.4. The molecule has 2 heterocycles. The lowest BCUT2D eigenvalue weighted by molar-refractivity contribution is 0.0515. The molecule has 2 saturated heterocycles. The number of nitrogens with one attached hydrogen (secondary N) is 2. The van der Waals surface area contributed by atoms with Gasteiger partial charge in [0.2, 0.25) is 0 Å². The molecule has 2 amide bonds. The van der Waals surface area contributed by atoms with Crippen LogP contribution in [0.5, 0.6) is 0 Å². The number of rotatable bonds is 24. The lowest BCUT2D eigenvalue weighted by Gasteiger charge is -2.35. The second kappa shape index (κ2) is 27.2. The van der Waals surface area contributed by atoms with Gasteiger partial charge in [-0.25, -0.2) is 9.59 Å². The Bertz CT molecular complexity index is 2400. The summed E-state index contributed by atoms with van der Waals surface area (Å²) in [5.74, 6) is 1.21. The van der Waals surface area contributed by atoms with Crippen molar-refractivity contribution < 1.29 is 19.1 Å². The van der Waals surface area contributed by atoms with E-state index in [4.69, 9.17) is 9.47 Å². The SMILES string of the molecule is CC1(C)CBC(c2ccccc2CN(CCCCCCNC(=O)OC(C)(C)C)Cc2c3ccccc3c(CN(CCCCCCNC(=O)OC(C)(C)C)Cc3ccccc3C3BCC(C)(C)CC3)c3ccccc23)CC1. The lowest BCUT2D eigenvalue weighted by atomic mass is 9.47. The van der Waals surface area contributed by atoms with E-state index in [9.17, 15) is 9.59 Å². The zero-order chi connectivity index (χ0) is 54.4. The molecule has 2 unspecified atom stereocenters. The predicted octanol–water partition coefficient (Wildman–Crippen LogP) is 15.6. The smallest absolute Gasteiger partial charge is 0.407 e. The van der Waals surface area contributed by atoms with Crippen LogP contribution in [0.15, 0.2) is 97.1 Å². The van der Waals surface area contributed by atoms with Crippen molar-refractivity contribution in [2.75, 3.05) is 26.2 Å². The molecule has 7 rings (SSSR count). The first kappa shape index (κ1) is 58.9. The summed E-state index contributed by atoms with van der Waals surface area (Å²) in [6.45, 7) is 28.0. The van der Waals surface area contributed by atoms with Crippen LogP contribution in [0.1, 0.15) is 191 Å². The van der Waals surface area contributed by atoms with E-state index in [1.165, 1.54) is 96.7 Å². The summed E-state index contributed by atoms with van der Waals surface area (Å²) >= 11 is 0. The molecule has 5 aromatic rings. The van der Waals surface area contributed by atoms with Crippen molar-refractivity contribution in [1.82, 2.24) is 20.4 Å². The van der Waals surface area contributed by atoms with Gasteiger partial charge in [0.1, 0.15) is 25.8 Å². The summed E-state index contributed by atoms with van der Waals surface area (Å²) in [7, 11) is 2.51. The van der Waals surface area contributed by atoms with E-state index in [2.05, 4.69) is 145 Å². The number of alkyl carbamates (subject to hydrolysis) is 2. The molecule has 2 aliphatic heterocycles. The number of amides is 2. The van der Waals surface area contributed by atoms with E-state index in [0.717, 1.165) is 90.6 Å². The van der Waals surface area contributed by atoms with Crippen molar-refractivity contribution in [3.8, 4) is 0 Å². The molecule has 0 aliphatic carbocycles. The van der Waals surface area contributed by atoms with E-state index >= 15 is 0 Å². The summed E-state index contributed by atoms with van der Waals surface area (Å²) in [6.07, 6.45) is 15.3. The molecule has 76 heavy (non-hydrogen) atoms. The molecular weight excluding hydrogens is 934 g/mol. The average molecular weight is 1030 g/mol. The second-order valence-electron chi connectivity index (χ2n) is 26.4. The number of unbranched alkanes of at least 4 members (excludes halogenated alkanes) is 6. The summed E-state index contributed by atoms with van der Waals surface area (Å²) in [4.78, 5) is 30.2. The van der Waals surface area contributed by atoms with Crippen LogP contribution >= 0.6 is 0 Å². The van der Waals surface area contributed by atoms with Crippen LogP contribution in [0.4, 0.5) is 9.59 Å². The van der Waals surface area contributed by atoms with Crippen LogP contribution in [0.3, 0.4) is 0 Å². The number of carbonyl (C=O) groups excluding carboxylic acids is 2. The van der Waals surface area contributed by atoms with E-state index in [0.29, 0.717) is 35.6 Å². The van der Waals surface area contributed by atoms with E-state index in [1.807, 2.05) is 41.5 Å². The minimum atomic E-state index is -0.498. The molecule has 2 fully saturated rings. The molecule has 0 saturated carbocycles. The Balaban J connectivity index is 1.15. The standard InChI is InChI=1S/C66H96B2N4O4/c1-63(2,3)75-61(73)69-39-23-11-13-25-41-71(43-49-27-15-17-29-51(49)59-35-37-65(7,8)47-67-59)45-57-53-31-19-21-33-55(53)58(56-34-22-20-32-54(56)57)46-72(42-26-14-12-24-40-70-62(74)76-64(4,5)6)44-50-28-16-18-30-52(50)60-36-38-66(9,10)48-68-60/h15-22,27-34,59-60,67-68H,11-14,23-26,35-48H2,1-10H3,(H,69,73)(H,70,74). The highest BCUT2D eigenvalue weighted by molar-refractivity contribution is 6.38. The van der Waals surface area contributed by atoms with Crippen molar-refractivity contribution >= 4 is 48.3 Å². The molecule has 0 aromatic heterocycles. The number of nitrogens with zero attached hydrogens (tertiary/aromatic N) is 2. The summed E-state index contributed by atoms with van der Waals surface area (Å²) in [6, 6.07) is 37.3. The molecule has 2 aliphatic rings. The predicted molar refractivity (Wildman–Crippen MR) is 323 cm³/mol. The zero-order valence-electron chi connectivity index (χ0n) is 48.9. The van der Waals surface area contributed by atoms with Crippen molar-refractivity contribution in [1.29, 1.82) is 0 Å². The van der Waals surface area contributed by atoms with Crippen LogP contribution in [0.25, 0.3) is 21.5 Å². The molecule has 0 radical (unpaired) electrons. The lowest BCUT2D eigenvalue weighted by Crippen LogP contribution is -2.33. The van der Waals surface area contributed by atoms with Crippen molar-refractivity contribution in [2.24, 2.45) is 10.8 Å². The first-order chi connectivity index (χ1) is 36.2. The number of ether oxygens (including phenoxy) is 2. The minimum absolute atomic E-state index is 0.334. The van der Waals surface area contributed by atoms with Gasteiger partial charge in [0.05, 0.1) is 0 Å². The largest absolute Gasteiger partial charge is 0.444 e. The highest BCUT2D eigenvalue weighted by atomic mass is 16.6. The van der Waals surface area contributed by atoms with Crippen molar-refractivity contribution in [3.63, 3.8) is 0 Å². The Kier molecular flexibility index (Phi) is 21.1. The first-order valence-electron chi connectivity index (χ1n) is 29.7. The van der Waals surface area contributed by atoms with Crippen LogP contribution in [-0.4, -0.2) is 73.9 Å². The maximum atomic E-state index is 12.3. The topological polar surface area (TPSA) is 83.1 Å². The van der Waals surface area contributed by atoms with E-state index in [1.54, 1.807) is 11.1 Å². The molecule has 0 spiro atoms. The van der Waals surface area contributed by atoms with Gasteiger partial charge in [-0.1, -0.05) is 176 Å². The Hall–Kier alpha value is -4.79. The van der Waals surface area contributed by atoms with E-state index in [-0.39, 0.29) is 12.2 Å². The van der Waals surface area contributed by atoms with Gasteiger partial charge in [-0.15, -0.1) is 0 Å². The van der Waals surface area contributed by atoms with Gasteiger partial charge >= 0.3 is 12.2 Å². The number of hydrogen-bond acceptors (Lipinski definition) is 6. The van der Waals surface area contributed by atoms with E-state index < -0.39 is 11.2 Å². The third-order valence-corrected chi connectivity index (χ3v) is 16.5. The maximum absolute atomic E-state index is 12.3. The Labute approximate surface area is 461 Å². The van der Waals surface area contributed by atoms with Gasteiger partial charge in [-0.05, 0) is 171 Å². The minimum Gasteiger partial charge on any atom is -0.444 e. The molecule has 410 valence electrons. The number of carbonyl (C=O) groups is 2. The highest BCUT2D eigenvalue weighted by Gasteiger charge is 2.32. The number of hydrogen-bond donors (Lipinski definition) is 2. The Morgan fingerprint density at radius 3 is 1.18 bits per heavy atom. The normalized spacial score (nSPS) is 17.6. The fraction of sp³-hybridized carbons (Fsp3) is 0.576. The number of benzene rings is 5. The third kappa shape index (κ3) is 18.1. The molecule has 2 atom stereocenters. The highest BCUT2D eigenvalue weighted by Crippen LogP contribution is 2.42.